The molecule has 1 aromatic carbocycles. The van der Waals surface area contributed by atoms with Gasteiger partial charge in [0.05, 0.1) is 6.20 Å². The zero-order valence-electron chi connectivity index (χ0n) is 9.64. The molecule has 0 saturated carbocycles. The van der Waals surface area contributed by atoms with Crippen molar-refractivity contribution in [2.45, 2.75) is 13.1 Å². The highest BCUT2D eigenvalue weighted by Gasteiger charge is 2.05. The van der Waals surface area contributed by atoms with E-state index >= 15 is 0 Å². The van der Waals surface area contributed by atoms with Crippen LogP contribution in [0.25, 0.3) is 0 Å². The van der Waals surface area contributed by atoms with Crippen LogP contribution in [0.1, 0.15) is 5.56 Å². The normalized spacial score (nSPS) is 10.3. The Labute approximate surface area is 110 Å². The van der Waals surface area contributed by atoms with Crippen LogP contribution in [0.4, 0.5) is 5.69 Å². The fourth-order valence-corrected chi connectivity index (χ4v) is 1.61. The maximum Gasteiger partial charge on any atom is 0.246 e. The fraction of sp³-hybridized carbons (Fsp3) is 0.167. The Morgan fingerprint density at radius 2 is 2.11 bits per heavy atom. The van der Waals surface area contributed by atoms with E-state index in [4.69, 9.17) is 17.3 Å². The Morgan fingerprint density at radius 1 is 1.39 bits per heavy atom. The molecular weight excluding hydrogens is 252 g/mol. The first-order chi connectivity index (χ1) is 8.67. The van der Waals surface area contributed by atoms with Gasteiger partial charge in [0.2, 0.25) is 5.91 Å². The Morgan fingerprint density at radius 3 is 2.72 bits per heavy atom. The van der Waals surface area contributed by atoms with Gasteiger partial charge in [0, 0.05) is 29.0 Å². The molecule has 0 unspecified atom stereocenters. The molecule has 3 N–H and O–H groups in total. The van der Waals surface area contributed by atoms with Crippen LogP contribution in [-0.2, 0) is 17.9 Å². The van der Waals surface area contributed by atoms with E-state index in [0.29, 0.717) is 17.3 Å². The summed E-state index contributed by atoms with van der Waals surface area (Å²) >= 11 is 5.76. The molecule has 5 nitrogen and oxygen atoms in total. The van der Waals surface area contributed by atoms with E-state index in [9.17, 15) is 4.79 Å². The molecule has 0 atom stereocenters. The maximum atomic E-state index is 11.7. The molecule has 0 fully saturated rings. The number of aromatic nitrogens is 2. The molecule has 18 heavy (non-hydrogen) atoms. The average Bonchev–Trinajstić information content (AvgIpc) is 2.79. The number of nitrogens with one attached hydrogen (secondary N) is 1. The van der Waals surface area contributed by atoms with Crippen LogP contribution in [0.15, 0.2) is 36.7 Å². The molecule has 0 aliphatic heterocycles. The smallest absolute Gasteiger partial charge is 0.246 e. The van der Waals surface area contributed by atoms with E-state index in [0.717, 1.165) is 5.56 Å². The molecule has 1 amide bonds. The van der Waals surface area contributed by atoms with Crippen molar-refractivity contribution < 1.29 is 4.79 Å². The Kier molecular flexibility index (Phi) is 3.96. The SMILES string of the molecule is NCc1cnn(CC(=O)Nc2ccc(Cl)cc2)c1. The van der Waals surface area contributed by atoms with Crippen molar-refractivity contribution in [2.24, 2.45) is 5.73 Å². The van der Waals surface area contributed by atoms with Crippen molar-refractivity contribution in [3.05, 3.63) is 47.2 Å². The molecule has 1 aromatic heterocycles. The predicted octanol–water partition coefficient (Wildman–Crippen LogP) is 1.63. The lowest BCUT2D eigenvalue weighted by Gasteiger charge is -2.05. The first kappa shape index (κ1) is 12.6. The van der Waals surface area contributed by atoms with Crippen LogP contribution in [-0.4, -0.2) is 15.7 Å². The third-order valence-corrected chi connectivity index (χ3v) is 2.61. The third-order valence-electron chi connectivity index (χ3n) is 2.36. The minimum atomic E-state index is -0.149. The highest BCUT2D eigenvalue weighted by molar-refractivity contribution is 6.30. The van der Waals surface area contributed by atoms with Gasteiger partial charge in [-0.2, -0.15) is 5.10 Å². The van der Waals surface area contributed by atoms with E-state index in [1.165, 1.54) is 0 Å². The number of amides is 1. The molecule has 6 heteroatoms. The summed E-state index contributed by atoms with van der Waals surface area (Å²) in [5, 5.41) is 7.42. The van der Waals surface area contributed by atoms with Crippen molar-refractivity contribution in [1.82, 2.24) is 9.78 Å². The van der Waals surface area contributed by atoms with Gasteiger partial charge in [-0.15, -0.1) is 0 Å². The number of anilines is 1. The maximum absolute atomic E-state index is 11.7. The quantitative estimate of drug-likeness (QED) is 0.882. The number of carbonyl (C=O) groups excluding carboxylic acids is 1. The van der Waals surface area contributed by atoms with Gasteiger partial charge in [-0.25, -0.2) is 0 Å². The molecule has 94 valence electrons. The molecule has 0 aliphatic rings. The highest BCUT2D eigenvalue weighted by Crippen LogP contribution is 2.13. The monoisotopic (exact) mass is 264 g/mol. The lowest BCUT2D eigenvalue weighted by atomic mass is 10.3. The van der Waals surface area contributed by atoms with Gasteiger partial charge in [-0.3, -0.25) is 9.48 Å². The van der Waals surface area contributed by atoms with Crippen LogP contribution in [0.2, 0.25) is 5.02 Å². The minimum absolute atomic E-state index is 0.149. The van der Waals surface area contributed by atoms with E-state index in [1.54, 1.807) is 41.3 Å². The van der Waals surface area contributed by atoms with Crippen LogP contribution in [0.5, 0.6) is 0 Å². The first-order valence-electron chi connectivity index (χ1n) is 5.44. The van der Waals surface area contributed by atoms with Gasteiger partial charge in [-0.1, -0.05) is 11.6 Å². The first-order valence-corrected chi connectivity index (χ1v) is 5.82. The van der Waals surface area contributed by atoms with Gasteiger partial charge < -0.3 is 11.1 Å². The minimum Gasteiger partial charge on any atom is -0.326 e. The summed E-state index contributed by atoms with van der Waals surface area (Å²) in [4.78, 5) is 11.7. The number of nitrogens with zero attached hydrogens (tertiary/aromatic N) is 2. The summed E-state index contributed by atoms with van der Waals surface area (Å²) in [5.74, 6) is -0.149. The number of carbonyl (C=O) groups is 1. The fourth-order valence-electron chi connectivity index (χ4n) is 1.48. The average molecular weight is 265 g/mol. The van der Waals surface area contributed by atoms with Crippen molar-refractivity contribution in [3.8, 4) is 0 Å². The lowest BCUT2D eigenvalue weighted by Crippen LogP contribution is -2.18. The van der Waals surface area contributed by atoms with Crippen LogP contribution in [0.3, 0.4) is 0 Å². The van der Waals surface area contributed by atoms with Crippen molar-refractivity contribution in [3.63, 3.8) is 0 Å². The van der Waals surface area contributed by atoms with E-state index in [2.05, 4.69) is 10.4 Å². The Hall–Kier alpha value is -1.85. The lowest BCUT2D eigenvalue weighted by molar-refractivity contribution is -0.116. The summed E-state index contributed by atoms with van der Waals surface area (Å²) in [7, 11) is 0. The zero-order chi connectivity index (χ0) is 13.0. The summed E-state index contributed by atoms with van der Waals surface area (Å²) in [6, 6.07) is 6.93. The second-order valence-corrected chi connectivity index (χ2v) is 4.24. The summed E-state index contributed by atoms with van der Waals surface area (Å²) in [6.45, 7) is 0.571. The molecule has 0 radical (unpaired) electrons. The van der Waals surface area contributed by atoms with Crippen LogP contribution < -0.4 is 11.1 Å². The standard InChI is InChI=1S/C12H13ClN4O/c13-10-1-3-11(4-2-10)16-12(18)8-17-7-9(5-14)6-15-17/h1-4,6-7H,5,8,14H2,(H,16,18). The molecule has 1 heterocycles. The van der Waals surface area contributed by atoms with E-state index < -0.39 is 0 Å². The van der Waals surface area contributed by atoms with Gasteiger partial charge in [0.25, 0.3) is 0 Å². The molecule has 0 bridgehead atoms. The zero-order valence-corrected chi connectivity index (χ0v) is 10.4. The number of nitrogens with two attached hydrogens (primary N) is 1. The topological polar surface area (TPSA) is 72.9 Å². The third kappa shape index (κ3) is 3.32. The van der Waals surface area contributed by atoms with Crippen molar-refractivity contribution in [2.75, 3.05) is 5.32 Å². The number of halogens is 1. The Balaban J connectivity index is 1.94. The molecular formula is C12H13ClN4O. The van der Waals surface area contributed by atoms with Crippen LogP contribution in [0, 0.1) is 0 Å². The van der Waals surface area contributed by atoms with Gasteiger partial charge >= 0.3 is 0 Å². The van der Waals surface area contributed by atoms with Gasteiger partial charge in [0.1, 0.15) is 6.54 Å². The van der Waals surface area contributed by atoms with Gasteiger partial charge in [0.15, 0.2) is 0 Å². The second kappa shape index (κ2) is 5.66. The summed E-state index contributed by atoms with van der Waals surface area (Å²) < 4.78 is 1.55. The number of hydrogen-bond donors (Lipinski definition) is 2. The van der Waals surface area contributed by atoms with Gasteiger partial charge in [-0.05, 0) is 24.3 Å². The highest BCUT2D eigenvalue weighted by atomic mass is 35.5. The molecule has 0 aliphatic carbocycles. The van der Waals surface area contributed by atoms with E-state index in [1.807, 2.05) is 0 Å². The largest absolute Gasteiger partial charge is 0.326 e. The summed E-state index contributed by atoms with van der Waals surface area (Å²) in [6.07, 6.45) is 3.40. The Bertz CT molecular complexity index is 535. The predicted molar refractivity (Wildman–Crippen MR) is 70.2 cm³/mol. The number of hydrogen-bond acceptors (Lipinski definition) is 3. The molecule has 0 saturated heterocycles. The van der Waals surface area contributed by atoms with Crippen molar-refractivity contribution >= 4 is 23.2 Å². The number of benzene rings is 1. The van der Waals surface area contributed by atoms with Crippen molar-refractivity contribution in [1.29, 1.82) is 0 Å². The van der Waals surface area contributed by atoms with Crippen LogP contribution >= 0.6 is 11.6 Å². The second-order valence-electron chi connectivity index (χ2n) is 3.81. The number of rotatable bonds is 4. The molecule has 0 spiro atoms. The molecule has 2 rings (SSSR count). The summed E-state index contributed by atoms with van der Waals surface area (Å²) in [5.41, 5.74) is 7.07. The molecule has 2 aromatic rings. The van der Waals surface area contributed by atoms with E-state index in [-0.39, 0.29) is 12.5 Å².